The third-order valence-corrected chi connectivity index (χ3v) is 9.83. The molecule has 1 fully saturated rings. The highest BCUT2D eigenvalue weighted by molar-refractivity contribution is 7.70. The number of unbranched alkanes of at least 4 members (excludes halogenated alkanes) is 4. The minimum Gasteiger partial charge on any atom is -0.463 e. The maximum Gasteiger partial charge on any atom is 0.330 e. The number of allylic oxidation sites excluding steroid dienone is 1. The zero-order valence-electron chi connectivity index (χ0n) is 24.9. The molecule has 11 nitrogen and oxygen atoms in total. The highest BCUT2D eigenvalue weighted by Crippen LogP contribution is 2.35. The van der Waals surface area contributed by atoms with Crippen molar-refractivity contribution in [3.05, 3.63) is 39.5 Å². The van der Waals surface area contributed by atoms with E-state index >= 15 is 0 Å². The molecule has 0 aliphatic carbocycles. The number of aromatic amines is 1. The maximum atomic E-state index is 12.2. The van der Waals surface area contributed by atoms with Gasteiger partial charge in [0.2, 0.25) is 5.91 Å². The number of anilines is 1. The first-order valence-electron chi connectivity index (χ1n) is 14.7. The SMILES string of the molecule is C/C(=C\C(=O)OCCCCCCCC(=O)Nc1c2sscc-2[nH]c1=O)C(O)[C@@H]1OC[C@H](C/C=C/[C@@H](C)[C@H](C)O)[C@@H](O)[C@H]1O. The van der Waals surface area contributed by atoms with Crippen LogP contribution < -0.4 is 10.9 Å². The van der Waals surface area contributed by atoms with Gasteiger partial charge in [0.05, 0.1) is 36.0 Å². The van der Waals surface area contributed by atoms with E-state index < -0.39 is 36.5 Å². The molecule has 3 rings (SSSR count). The summed E-state index contributed by atoms with van der Waals surface area (Å²) >= 11 is 0. The van der Waals surface area contributed by atoms with Crippen LogP contribution >= 0.6 is 20.7 Å². The van der Waals surface area contributed by atoms with E-state index in [0.717, 1.165) is 29.8 Å². The summed E-state index contributed by atoms with van der Waals surface area (Å²) in [5.74, 6) is -1.21. The van der Waals surface area contributed by atoms with Gasteiger partial charge in [-0.15, -0.1) is 0 Å². The third kappa shape index (κ3) is 10.3. The Balaban J connectivity index is 1.28. The van der Waals surface area contributed by atoms with Gasteiger partial charge in [-0.3, -0.25) is 9.59 Å². The highest BCUT2D eigenvalue weighted by Gasteiger charge is 2.41. The minimum atomic E-state index is -1.34. The van der Waals surface area contributed by atoms with Crippen molar-refractivity contribution in [1.82, 2.24) is 4.98 Å². The Morgan fingerprint density at radius 1 is 1.16 bits per heavy atom. The number of H-pyrrole nitrogens is 1. The number of nitrogens with one attached hydrogen (secondary N) is 2. The number of esters is 1. The largest absolute Gasteiger partial charge is 0.463 e. The number of hydrogen-bond acceptors (Lipinski definition) is 11. The van der Waals surface area contributed by atoms with Crippen LogP contribution in [0.2, 0.25) is 0 Å². The molecule has 0 bridgehead atoms. The van der Waals surface area contributed by atoms with Crippen LogP contribution in [0.4, 0.5) is 5.69 Å². The van der Waals surface area contributed by atoms with Gasteiger partial charge in [0, 0.05) is 23.8 Å². The van der Waals surface area contributed by atoms with Gasteiger partial charge in [0.1, 0.15) is 24.0 Å². The van der Waals surface area contributed by atoms with E-state index in [1.54, 1.807) is 6.92 Å². The second-order valence-electron chi connectivity index (χ2n) is 11.2. The first-order valence-corrected chi connectivity index (χ1v) is 17.0. The predicted molar refractivity (Wildman–Crippen MR) is 166 cm³/mol. The van der Waals surface area contributed by atoms with E-state index in [-0.39, 0.29) is 42.1 Å². The molecule has 240 valence electrons. The van der Waals surface area contributed by atoms with Crippen molar-refractivity contribution in [1.29, 1.82) is 0 Å². The summed E-state index contributed by atoms with van der Waals surface area (Å²) in [6, 6.07) is 0. The molecule has 6 N–H and O–H groups in total. The average Bonchev–Trinajstić information content (AvgIpc) is 3.53. The van der Waals surface area contributed by atoms with Crippen molar-refractivity contribution in [2.45, 2.75) is 96.2 Å². The molecule has 1 saturated heterocycles. The molecular weight excluding hydrogens is 596 g/mol. The van der Waals surface area contributed by atoms with Gasteiger partial charge in [-0.25, -0.2) is 4.79 Å². The van der Waals surface area contributed by atoms with E-state index in [1.807, 2.05) is 24.5 Å². The predicted octanol–water partition coefficient (Wildman–Crippen LogP) is 3.43. The van der Waals surface area contributed by atoms with Gasteiger partial charge in [0.25, 0.3) is 5.56 Å². The summed E-state index contributed by atoms with van der Waals surface area (Å²) in [6.07, 6.45) is 4.15. The Hall–Kier alpha value is -2.39. The van der Waals surface area contributed by atoms with Gasteiger partial charge in [-0.1, -0.05) is 59.0 Å². The molecule has 7 atom stereocenters. The van der Waals surface area contributed by atoms with Crippen LogP contribution in [0.1, 0.15) is 65.7 Å². The van der Waals surface area contributed by atoms with Gasteiger partial charge in [-0.05, 0) is 44.6 Å². The topological polar surface area (TPSA) is 178 Å². The second-order valence-corrected chi connectivity index (χ2v) is 13.3. The molecule has 0 saturated carbocycles. The molecule has 1 unspecified atom stereocenters. The normalized spacial score (nSPS) is 23.4. The lowest BCUT2D eigenvalue weighted by Gasteiger charge is -2.39. The highest BCUT2D eigenvalue weighted by atomic mass is 32.9. The first-order chi connectivity index (χ1) is 20.5. The van der Waals surface area contributed by atoms with Gasteiger partial charge >= 0.3 is 5.97 Å². The lowest BCUT2D eigenvalue weighted by atomic mass is 9.86. The molecule has 0 spiro atoms. The molecule has 3 heterocycles. The van der Waals surface area contributed by atoms with Crippen LogP contribution in [-0.2, 0) is 19.1 Å². The summed E-state index contributed by atoms with van der Waals surface area (Å²) in [7, 11) is 2.94. The summed E-state index contributed by atoms with van der Waals surface area (Å²) in [4.78, 5) is 39.9. The fraction of sp³-hybridized carbons (Fsp3) is 0.633. The Labute approximate surface area is 259 Å². The first kappa shape index (κ1) is 35.1. The molecule has 0 aromatic heterocycles. The zero-order valence-corrected chi connectivity index (χ0v) is 26.5. The number of ether oxygens (including phenoxy) is 2. The van der Waals surface area contributed by atoms with Crippen LogP contribution in [0.15, 0.2) is 34.0 Å². The van der Waals surface area contributed by atoms with E-state index in [0.29, 0.717) is 31.4 Å². The van der Waals surface area contributed by atoms with Crippen LogP contribution in [-0.4, -0.2) is 81.0 Å². The number of aliphatic hydroxyl groups is 4. The fourth-order valence-corrected chi connectivity index (χ4v) is 6.93. The lowest BCUT2D eigenvalue weighted by molar-refractivity contribution is -0.187. The second kappa shape index (κ2) is 17.2. The number of aliphatic hydroxyl groups excluding tert-OH is 4. The number of carbonyl (C=O) groups excluding carboxylic acids is 2. The smallest absolute Gasteiger partial charge is 0.330 e. The Bertz CT molecular complexity index is 1250. The number of rotatable bonds is 16. The quantitative estimate of drug-likeness (QED) is 0.0527. The fourth-order valence-electron chi connectivity index (χ4n) is 4.77. The van der Waals surface area contributed by atoms with E-state index in [9.17, 15) is 34.8 Å². The monoisotopic (exact) mass is 640 g/mol. The molecule has 1 amide bonds. The molecule has 43 heavy (non-hydrogen) atoms. The molecule has 0 aromatic carbocycles. The lowest BCUT2D eigenvalue weighted by Crippen LogP contribution is -2.54. The molecule has 0 radical (unpaired) electrons. The van der Waals surface area contributed by atoms with Crippen molar-refractivity contribution in [3.63, 3.8) is 0 Å². The third-order valence-electron chi connectivity index (χ3n) is 7.74. The number of fused-ring (bicyclic) bond motifs is 1. The minimum absolute atomic E-state index is 0.0386. The van der Waals surface area contributed by atoms with Crippen molar-refractivity contribution < 1.29 is 39.5 Å². The van der Waals surface area contributed by atoms with Crippen molar-refractivity contribution in [2.75, 3.05) is 18.5 Å². The molecule has 3 aliphatic rings. The number of amides is 1. The molecule has 0 aromatic rings. The summed E-state index contributed by atoms with van der Waals surface area (Å²) in [5, 5.41) is 45.9. The van der Waals surface area contributed by atoms with Crippen LogP contribution in [0, 0.1) is 11.8 Å². The number of aromatic nitrogens is 1. The van der Waals surface area contributed by atoms with Gasteiger partial charge < -0.3 is 40.2 Å². The van der Waals surface area contributed by atoms with Crippen LogP contribution in [0.5, 0.6) is 0 Å². The Morgan fingerprint density at radius 3 is 2.63 bits per heavy atom. The maximum absolute atomic E-state index is 12.2. The Kier molecular flexibility index (Phi) is 14.0. The van der Waals surface area contributed by atoms with Gasteiger partial charge in [0.15, 0.2) is 0 Å². The number of hydrogen-bond donors (Lipinski definition) is 6. The van der Waals surface area contributed by atoms with Crippen molar-refractivity contribution in [3.8, 4) is 10.6 Å². The van der Waals surface area contributed by atoms with E-state index in [1.165, 1.54) is 33.7 Å². The summed E-state index contributed by atoms with van der Waals surface area (Å²) < 4.78 is 10.9. The van der Waals surface area contributed by atoms with Crippen molar-refractivity contribution >= 4 is 38.2 Å². The average molecular weight is 641 g/mol. The van der Waals surface area contributed by atoms with Gasteiger partial charge in [-0.2, -0.15) is 0 Å². The Morgan fingerprint density at radius 2 is 1.88 bits per heavy atom. The van der Waals surface area contributed by atoms with E-state index in [4.69, 9.17) is 9.47 Å². The molecule has 3 aliphatic heterocycles. The van der Waals surface area contributed by atoms with E-state index in [2.05, 4.69) is 10.3 Å². The summed E-state index contributed by atoms with van der Waals surface area (Å²) in [6.45, 7) is 5.45. The number of carbonyl (C=O) groups is 2. The standard InChI is InChI=1S/C30H44N2O9S2/c1-17(19(3)33)10-9-11-20-15-41-28(27(38)26(20)37)25(36)18(2)14-23(35)40-13-8-6-4-5-7-12-22(34)32-24-29-21(16-42-43-29)31-30(24)39/h9-10,14,16-17,19-20,25-28,33,36-38H,4-8,11-13,15H2,1-3H3,(H,31,39)(H,32,34)/b10-9+,18-14+/t17-,19+,20+,25?,26-,27-,28+/m1/s1. The molecular formula is C30H44N2O9S2. The van der Waals surface area contributed by atoms with Crippen LogP contribution in [0.3, 0.4) is 0 Å². The van der Waals surface area contributed by atoms with Crippen molar-refractivity contribution in [2.24, 2.45) is 11.8 Å². The van der Waals surface area contributed by atoms with Crippen LogP contribution in [0.25, 0.3) is 10.6 Å². The molecule has 13 heteroatoms. The zero-order chi connectivity index (χ0) is 31.5. The summed E-state index contributed by atoms with van der Waals surface area (Å²) in [5.41, 5.74) is 1.04.